The zero-order valence-electron chi connectivity index (χ0n) is 16.7. The first-order valence-corrected chi connectivity index (χ1v) is 9.83. The summed E-state index contributed by atoms with van der Waals surface area (Å²) in [7, 11) is 0. The monoisotopic (exact) mass is 369 g/mol. The lowest BCUT2D eigenvalue weighted by atomic mass is 10.1. The Labute approximate surface area is 162 Å². The first kappa shape index (κ1) is 20.8. The minimum atomic E-state index is 0.0890. The molecular formula is C23H31NO3. The third-order valence-electron chi connectivity index (χ3n) is 4.30. The summed E-state index contributed by atoms with van der Waals surface area (Å²) in [5.74, 6) is 1.59. The Hall–Kier alpha value is -2.49. The molecule has 0 bridgehead atoms. The molecule has 0 aliphatic carbocycles. The molecule has 0 aliphatic heterocycles. The summed E-state index contributed by atoms with van der Waals surface area (Å²) in [5, 5.41) is 3.01. The Balaban J connectivity index is 1.73. The van der Waals surface area contributed by atoms with Crippen molar-refractivity contribution in [1.82, 2.24) is 5.32 Å². The number of hydrogen-bond acceptors (Lipinski definition) is 3. The highest BCUT2D eigenvalue weighted by molar-refractivity contribution is 5.76. The molecule has 0 heterocycles. The molecule has 2 aromatic carbocycles. The molecule has 0 unspecified atom stereocenters. The topological polar surface area (TPSA) is 47.6 Å². The van der Waals surface area contributed by atoms with Gasteiger partial charge in [-0.2, -0.15) is 0 Å². The highest BCUT2D eigenvalue weighted by Gasteiger charge is 2.08. The maximum atomic E-state index is 12.1. The molecule has 2 rings (SSSR count). The van der Waals surface area contributed by atoms with E-state index in [1.54, 1.807) is 0 Å². The van der Waals surface area contributed by atoms with E-state index in [0.29, 0.717) is 32.6 Å². The molecule has 2 aromatic rings. The van der Waals surface area contributed by atoms with Gasteiger partial charge in [-0.1, -0.05) is 35.9 Å². The maximum Gasteiger partial charge on any atom is 0.220 e. The lowest BCUT2D eigenvalue weighted by molar-refractivity contribution is -0.121. The third kappa shape index (κ3) is 7.33. The number of hydrogen-bond donors (Lipinski definition) is 1. The number of ether oxygens (including phenoxy) is 2. The van der Waals surface area contributed by atoms with E-state index in [0.717, 1.165) is 29.9 Å². The van der Waals surface area contributed by atoms with Gasteiger partial charge in [0.1, 0.15) is 0 Å². The van der Waals surface area contributed by atoms with Crippen molar-refractivity contribution >= 4 is 5.91 Å². The van der Waals surface area contributed by atoms with E-state index in [9.17, 15) is 4.79 Å². The minimum Gasteiger partial charge on any atom is -0.490 e. The van der Waals surface area contributed by atoms with Gasteiger partial charge in [-0.25, -0.2) is 0 Å². The van der Waals surface area contributed by atoms with E-state index < -0.39 is 0 Å². The van der Waals surface area contributed by atoms with Gasteiger partial charge in [0.15, 0.2) is 11.5 Å². The first-order chi connectivity index (χ1) is 13.1. The predicted octanol–water partition coefficient (Wildman–Crippen LogP) is 4.47. The molecule has 4 heteroatoms. The second-order valence-electron chi connectivity index (χ2n) is 6.59. The molecule has 0 aromatic heterocycles. The molecule has 0 aliphatic rings. The van der Waals surface area contributed by atoms with E-state index >= 15 is 0 Å². The summed E-state index contributed by atoms with van der Waals surface area (Å²) in [6.45, 7) is 7.90. The van der Waals surface area contributed by atoms with Crippen molar-refractivity contribution in [3.63, 3.8) is 0 Å². The first-order valence-electron chi connectivity index (χ1n) is 9.83. The Kier molecular flexibility index (Phi) is 8.69. The van der Waals surface area contributed by atoms with Crippen LogP contribution in [0.1, 0.15) is 43.4 Å². The summed E-state index contributed by atoms with van der Waals surface area (Å²) in [6.07, 6.45) is 3.10. The van der Waals surface area contributed by atoms with Crippen molar-refractivity contribution in [3.05, 3.63) is 59.2 Å². The van der Waals surface area contributed by atoms with Gasteiger partial charge < -0.3 is 14.8 Å². The van der Waals surface area contributed by atoms with Gasteiger partial charge in [-0.15, -0.1) is 0 Å². The molecule has 0 spiro atoms. The number of carbonyl (C=O) groups excluding carboxylic acids is 1. The number of carbonyl (C=O) groups is 1. The van der Waals surface area contributed by atoms with Crippen LogP contribution in [0.25, 0.3) is 0 Å². The quantitative estimate of drug-likeness (QED) is 0.594. The highest BCUT2D eigenvalue weighted by Crippen LogP contribution is 2.28. The molecule has 0 fully saturated rings. The van der Waals surface area contributed by atoms with Crippen LogP contribution in [-0.4, -0.2) is 25.7 Å². The third-order valence-corrected chi connectivity index (χ3v) is 4.30. The summed E-state index contributed by atoms with van der Waals surface area (Å²) >= 11 is 0. The molecule has 0 saturated heterocycles. The summed E-state index contributed by atoms with van der Waals surface area (Å²) in [5.41, 5.74) is 3.68. The Morgan fingerprint density at radius 1 is 0.926 bits per heavy atom. The van der Waals surface area contributed by atoms with Crippen molar-refractivity contribution in [2.24, 2.45) is 0 Å². The summed E-state index contributed by atoms with van der Waals surface area (Å²) in [4.78, 5) is 12.1. The zero-order valence-corrected chi connectivity index (χ0v) is 16.7. The van der Waals surface area contributed by atoms with Crippen LogP contribution in [0, 0.1) is 6.92 Å². The van der Waals surface area contributed by atoms with Gasteiger partial charge >= 0.3 is 0 Å². The second-order valence-corrected chi connectivity index (χ2v) is 6.59. The van der Waals surface area contributed by atoms with Gasteiger partial charge in [-0.05, 0) is 63.3 Å². The van der Waals surface area contributed by atoms with Crippen molar-refractivity contribution < 1.29 is 14.3 Å². The van der Waals surface area contributed by atoms with Crippen LogP contribution in [0.5, 0.6) is 11.5 Å². The Morgan fingerprint density at radius 3 is 2.41 bits per heavy atom. The van der Waals surface area contributed by atoms with E-state index in [2.05, 4.69) is 36.5 Å². The van der Waals surface area contributed by atoms with Crippen LogP contribution in [0.2, 0.25) is 0 Å². The standard InChI is InChI=1S/C23H31NO3/c1-4-26-21-13-11-20(17-22(21)27-5-2)12-14-23(25)24-15-7-10-19-9-6-8-18(3)16-19/h6,8-9,11,13,16-17H,4-5,7,10,12,14-15H2,1-3H3,(H,24,25). The van der Waals surface area contributed by atoms with Crippen LogP contribution in [-0.2, 0) is 17.6 Å². The molecule has 4 nitrogen and oxygen atoms in total. The Bertz CT molecular complexity index is 727. The Morgan fingerprint density at radius 2 is 1.67 bits per heavy atom. The van der Waals surface area contributed by atoms with Gasteiger partial charge in [0.25, 0.3) is 0 Å². The number of benzene rings is 2. The number of rotatable bonds is 11. The van der Waals surface area contributed by atoms with Crippen molar-refractivity contribution in [1.29, 1.82) is 0 Å². The van der Waals surface area contributed by atoms with E-state index in [4.69, 9.17) is 9.47 Å². The van der Waals surface area contributed by atoms with Crippen LogP contribution in [0.15, 0.2) is 42.5 Å². The fourth-order valence-corrected chi connectivity index (χ4v) is 2.99. The molecule has 146 valence electrons. The minimum absolute atomic E-state index is 0.0890. The van der Waals surface area contributed by atoms with Crippen LogP contribution >= 0.6 is 0 Å². The number of amides is 1. The lowest BCUT2D eigenvalue weighted by Crippen LogP contribution is -2.25. The fraction of sp³-hybridized carbons (Fsp3) is 0.435. The van der Waals surface area contributed by atoms with Gasteiger partial charge in [0.05, 0.1) is 13.2 Å². The number of aryl methyl sites for hydroxylation is 3. The predicted molar refractivity (Wildman–Crippen MR) is 110 cm³/mol. The molecule has 0 saturated carbocycles. The second kappa shape index (κ2) is 11.3. The van der Waals surface area contributed by atoms with Crippen molar-refractivity contribution in [3.8, 4) is 11.5 Å². The normalized spacial score (nSPS) is 10.5. The van der Waals surface area contributed by atoms with Crippen molar-refractivity contribution in [2.75, 3.05) is 19.8 Å². The van der Waals surface area contributed by atoms with E-state index in [1.165, 1.54) is 11.1 Å². The van der Waals surface area contributed by atoms with E-state index in [1.807, 2.05) is 32.0 Å². The summed E-state index contributed by atoms with van der Waals surface area (Å²) < 4.78 is 11.2. The van der Waals surface area contributed by atoms with Gasteiger partial charge in [0, 0.05) is 13.0 Å². The van der Waals surface area contributed by atoms with E-state index in [-0.39, 0.29) is 5.91 Å². The average Bonchev–Trinajstić information content (AvgIpc) is 2.66. The SMILES string of the molecule is CCOc1ccc(CCC(=O)NCCCc2cccc(C)c2)cc1OCC. The highest BCUT2D eigenvalue weighted by atomic mass is 16.5. The van der Waals surface area contributed by atoms with Crippen LogP contribution in [0.3, 0.4) is 0 Å². The molecule has 1 N–H and O–H groups in total. The fourth-order valence-electron chi connectivity index (χ4n) is 2.99. The van der Waals surface area contributed by atoms with Crippen LogP contribution < -0.4 is 14.8 Å². The molecule has 0 radical (unpaired) electrons. The smallest absolute Gasteiger partial charge is 0.220 e. The maximum absolute atomic E-state index is 12.1. The largest absolute Gasteiger partial charge is 0.490 e. The molecular weight excluding hydrogens is 338 g/mol. The zero-order chi connectivity index (χ0) is 19.5. The van der Waals surface area contributed by atoms with Gasteiger partial charge in [-0.3, -0.25) is 4.79 Å². The van der Waals surface area contributed by atoms with Crippen molar-refractivity contribution in [2.45, 2.75) is 46.5 Å². The molecule has 1 amide bonds. The van der Waals surface area contributed by atoms with Gasteiger partial charge in [0.2, 0.25) is 5.91 Å². The summed E-state index contributed by atoms with van der Waals surface area (Å²) in [6, 6.07) is 14.4. The van der Waals surface area contributed by atoms with Crippen LogP contribution in [0.4, 0.5) is 0 Å². The molecule has 0 atom stereocenters. The lowest BCUT2D eigenvalue weighted by Gasteiger charge is -2.12. The average molecular weight is 370 g/mol. The molecule has 27 heavy (non-hydrogen) atoms. The number of nitrogens with one attached hydrogen (secondary N) is 1.